The van der Waals surface area contributed by atoms with Crippen molar-refractivity contribution in [3.63, 3.8) is 0 Å². The Morgan fingerprint density at radius 3 is 2.63 bits per heavy atom. The number of nitrogens with zero attached hydrogens (tertiary/aromatic N) is 2. The number of fused-ring (bicyclic) bond motifs is 1. The van der Waals surface area contributed by atoms with E-state index in [1.165, 1.54) is 24.8 Å². The zero-order chi connectivity index (χ0) is 19.4. The van der Waals surface area contributed by atoms with Gasteiger partial charge < -0.3 is 14.4 Å². The largest absolute Gasteiger partial charge is 0.477 e. The summed E-state index contributed by atoms with van der Waals surface area (Å²) in [7, 11) is 1.19. The molecule has 0 unspecified atom stereocenters. The van der Waals surface area contributed by atoms with Gasteiger partial charge in [-0.2, -0.15) is 0 Å². The van der Waals surface area contributed by atoms with Gasteiger partial charge in [0.2, 0.25) is 0 Å². The fourth-order valence-corrected chi connectivity index (χ4v) is 2.97. The van der Waals surface area contributed by atoms with Gasteiger partial charge in [0.1, 0.15) is 0 Å². The van der Waals surface area contributed by atoms with Crippen LogP contribution in [0.25, 0.3) is 0 Å². The van der Waals surface area contributed by atoms with Gasteiger partial charge >= 0.3 is 11.7 Å². The van der Waals surface area contributed by atoms with Crippen LogP contribution in [0.2, 0.25) is 0 Å². The Hall–Kier alpha value is -3.42. The van der Waals surface area contributed by atoms with Crippen LogP contribution in [-0.2, 0) is 22.5 Å². The van der Waals surface area contributed by atoms with Crippen LogP contribution in [0.15, 0.2) is 42.5 Å². The fourth-order valence-electron chi connectivity index (χ4n) is 2.97. The molecule has 1 aliphatic heterocycles. The van der Waals surface area contributed by atoms with Crippen LogP contribution in [0.3, 0.4) is 0 Å². The first-order chi connectivity index (χ1) is 13.0. The number of esters is 1. The molecule has 0 aromatic heterocycles. The number of methoxy groups -OCH3 is 1. The smallest absolute Gasteiger partial charge is 0.338 e. The minimum absolute atomic E-state index is 0.0375. The molecule has 0 saturated heterocycles. The van der Waals surface area contributed by atoms with Gasteiger partial charge in [-0.1, -0.05) is 24.3 Å². The second kappa shape index (κ2) is 7.86. The molecule has 140 valence electrons. The first kappa shape index (κ1) is 18.4. The molecule has 0 N–H and O–H groups in total. The second-order valence-corrected chi connectivity index (χ2v) is 6.05. The van der Waals surface area contributed by atoms with Gasteiger partial charge in [-0.05, 0) is 29.7 Å². The van der Waals surface area contributed by atoms with Gasteiger partial charge in [0.05, 0.1) is 17.6 Å². The SMILES string of the molecule is COC(=O)c1ccc(OCC(=O)N2CCc3ccccc3C2)c([N+](=O)[O-])c1. The quantitative estimate of drug-likeness (QED) is 0.455. The number of benzene rings is 2. The molecule has 27 heavy (non-hydrogen) atoms. The fraction of sp³-hybridized carbons (Fsp3) is 0.263. The Balaban J connectivity index is 1.68. The number of hydrogen-bond donors (Lipinski definition) is 0. The van der Waals surface area contributed by atoms with Crippen LogP contribution < -0.4 is 4.74 Å². The van der Waals surface area contributed by atoms with E-state index in [1.54, 1.807) is 4.90 Å². The molecule has 1 amide bonds. The third kappa shape index (κ3) is 4.05. The van der Waals surface area contributed by atoms with Crippen molar-refractivity contribution in [1.29, 1.82) is 0 Å². The average molecular weight is 370 g/mol. The number of carbonyl (C=O) groups is 2. The molecule has 1 heterocycles. The van der Waals surface area contributed by atoms with Crippen molar-refractivity contribution in [2.75, 3.05) is 20.3 Å². The van der Waals surface area contributed by atoms with Gasteiger partial charge in [0.15, 0.2) is 12.4 Å². The van der Waals surface area contributed by atoms with E-state index >= 15 is 0 Å². The van der Waals surface area contributed by atoms with Crippen LogP contribution in [0.1, 0.15) is 21.5 Å². The van der Waals surface area contributed by atoms with Crippen LogP contribution in [0, 0.1) is 10.1 Å². The Morgan fingerprint density at radius 1 is 1.19 bits per heavy atom. The number of amides is 1. The molecule has 0 bridgehead atoms. The molecule has 2 aromatic rings. The number of rotatable bonds is 5. The summed E-state index contributed by atoms with van der Waals surface area (Å²) in [5.74, 6) is -1.01. The summed E-state index contributed by atoms with van der Waals surface area (Å²) >= 11 is 0. The first-order valence-corrected chi connectivity index (χ1v) is 8.33. The van der Waals surface area contributed by atoms with Crippen molar-refractivity contribution in [2.45, 2.75) is 13.0 Å². The van der Waals surface area contributed by atoms with Crippen LogP contribution in [0.5, 0.6) is 5.75 Å². The second-order valence-electron chi connectivity index (χ2n) is 6.05. The predicted molar refractivity (Wildman–Crippen MR) is 95.5 cm³/mol. The topological polar surface area (TPSA) is 99.0 Å². The summed E-state index contributed by atoms with van der Waals surface area (Å²) in [6, 6.07) is 11.6. The van der Waals surface area contributed by atoms with Crippen molar-refractivity contribution in [2.24, 2.45) is 0 Å². The van der Waals surface area contributed by atoms with E-state index in [9.17, 15) is 19.7 Å². The molecule has 8 heteroatoms. The monoisotopic (exact) mass is 370 g/mol. The minimum Gasteiger partial charge on any atom is -0.477 e. The van der Waals surface area contributed by atoms with Gasteiger partial charge in [-0.25, -0.2) is 4.79 Å². The van der Waals surface area contributed by atoms with Crippen LogP contribution in [-0.4, -0.2) is 42.0 Å². The molecule has 3 rings (SSSR count). The van der Waals surface area contributed by atoms with Crippen LogP contribution >= 0.6 is 0 Å². The van der Waals surface area contributed by atoms with Crippen molar-refractivity contribution in [3.8, 4) is 5.75 Å². The lowest BCUT2D eigenvalue weighted by Gasteiger charge is -2.28. The lowest BCUT2D eigenvalue weighted by molar-refractivity contribution is -0.385. The summed E-state index contributed by atoms with van der Waals surface area (Å²) in [6.45, 7) is 0.741. The molecule has 2 aromatic carbocycles. The maximum absolute atomic E-state index is 12.4. The summed E-state index contributed by atoms with van der Waals surface area (Å²) < 4.78 is 9.94. The van der Waals surface area contributed by atoms with E-state index in [0.29, 0.717) is 13.1 Å². The lowest BCUT2D eigenvalue weighted by Crippen LogP contribution is -2.38. The normalized spacial score (nSPS) is 12.9. The Labute approximate surface area is 155 Å². The summed E-state index contributed by atoms with van der Waals surface area (Å²) in [4.78, 5) is 36.2. The van der Waals surface area contributed by atoms with Crippen molar-refractivity contribution >= 4 is 17.6 Å². The molecule has 0 radical (unpaired) electrons. The van der Waals surface area contributed by atoms with E-state index in [4.69, 9.17) is 4.74 Å². The lowest BCUT2D eigenvalue weighted by atomic mass is 10.00. The first-order valence-electron chi connectivity index (χ1n) is 8.33. The van der Waals surface area contributed by atoms with Crippen molar-refractivity contribution in [1.82, 2.24) is 4.90 Å². The molecular weight excluding hydrogens is 352 g/mol. The number of nitro benzene ring substituents is 1. The Morgan fingerprint density at radius 2 is 1.93 bits per heavy atom. The molecule has 0 saturated carbocycles. The highest BCUT2D eigenvalue weighted by atomic mass is 16.6. The van der Waals surface area contributed by atoms with Crippen LogP contribution in [0.4, 0.5) is 5.69 Å². The summed E-state index contributed by atoms with van der Waals surface area (Å²) in [5, 5.41) is 11.2. The van der Waals surface area contributed by atoms with Crippen molar-refractivity contribution in [3.05, 3.63) is 69.3 Å². The third-order valence-corrected chi connectivity index (χ3v) is 4.41. The van der Waals surface area contributed by atoms with Gasteiger partial charge in [-0.3, -0.25) is 14.9 Å². The summed E-state index contributed by atoms with van der Waals surface area (Å²) in [5.41, 5.74) is 1.95. The molecule has 0 spiro atoms. The molecule has 1 aliphatic rings. The number of nitro groups is 1. The number of hydrogen-bond acceptors (Lipinski definition) is 6. The molecule has 0 fully saturated rings. The Bertz CT molecular complexity index is 896. The molecule has 0 atom stereocenters. The zero-order valence-corrected chi connectivity index (χ0v) is 14.7. The third-order valence-electron chi connectivity index (χ3n) is 4.41. The van der Waals surface area contributed by atoms with Gasteiger partial charge in [0, 0.05) is 19.2 Å². The maximum atomic E-state index is 12.4. The van der Waals surface area contributed by atoms with Crippen molar-refractivity contribution < 1.29 is 24.0 Å². The Kier molecular flexibility index (Phi) is 5.35. The van der Waals surface area contributed by atoms with Gasteiger partial charge in [-0.15, -0.1) is 0 Å². The van der Waals surface area contributed by atoms with E-state index in [1.807, 2.05) is 24.3 Å². The molecule has 0 aliphatic carbocycles. The number of ether oxygens (including phenoxy) is 2. The van der Waals surface area contributed by atoms with E-state index in [2.05, 4.69) is 4.74 Å². The average Bonchev–Trinajstić information content (AvgIpc) is 2.70. The minimum atomic E-state index is -0.687. The predicted octanol–water partition coefficient (Wildman–Crippen LogP) is 2.35. The van der Waals surface area contributed by atoms with Gasteiger partial charge in [0.25, 0.3) is 5.91 Å². The van der Waals surface area contributed by atoms with E-state index < -0.39 is 16.6 Å². The highest BCUT2D eigenvalue weighted by Gasteiger charge is 2.23. The standard InChI is InChI=1S/C19H18N2O6/c1-26-19(23)14-6-7-17(16(10-14)21(24)25)27-12-18(22)20-9-8-13-4-2-3-5-15(13)11-20/h2-7,10H,8-9,11-12H2,1H3. The maximum Gasteiger partial charge on any atom is 0.338 e. The molecular formula is C19H18N2O6. The zero-order valence-electron chi connectivity index (χ0n) is 14.7. The highest BCUT2D eigenvalue weighted by Crippen LogP contribution is 2.28. The summed E-state index contributed by atoms with van der Waals surface area (Å²) in [6.07, 6.45) is 0.760. The van der Waals surface area contributed by atoms with E-state index in [0.717, 1.165) is 18.1 Å². The molecule has 8 nitrogen and oxygen atoms in total. The van der Waals surface area contributed by atoms with E-state index in [-0.39, 0.29) is 23.8 Å². The highest BCUT2D eigenvalue weighted by molar-refractivity contribution is 5.90. The number of carbonyl (C=O) groups excluding carboxylic acids is 2.